The fourth-order valence-corrected chi connectivity index (χ4v) is 2.40. The number of hydrogen-bond donors (Lipinski definition) is 2. The smallest absolute Gasteiger partial charge is 0.331 e. The van der Waals surface area contributed by atoms with Crippen LogP contribution in [0.3, 0.4) is 0 Å². The highest BCUT2D eigenvalue weighted by Crippen LogP contribution is 2.32. The molecule has 0 aliphatic heterocycles. The molecule has 0 saturated heterocycles. The van der Waals surface area contributed by atoms with Crippen LogP contribution >= 0.6 is 0 Å². The van der Waals surface area contributed by atoms with Gasteiger partial charge in [0.25, 0.3) is 0 Å². The van der Waals surface area contributed by atoms with Crippen LogP contribution in [-0.2, 0) is 14.3 Å². The van der Waals surface area contributed by atoms with Gasteiger partial charge in [0, 0.05) is 13.0 Å². The van der Waals surface area contributed by atoms with Crippen LogP contribution in [0.4, 0.5) is 0 Å². The first-order chi connectivity index (χ1) is 8.54. The molecule has 0 radical (unpaired) electrons. The summed E-state index contributed by atoms with van der Waals surface area (Å²) in [5.74, 6) is 0.202. The topological polar surface area (TPSA) is 67.4 Å². The molecule has 1 rings (SSSR count). The van der Waals surface area contributed by atoms with Crippen LogP contribution in [0, 0.1) is 5.92 Å². The first-order valence-corrected chi connectivity index (χ1v) is 6.58. The van der Waals surface area contributed by atoms with Crippen LogP contribution in [0.2, 0.25) is 0 Å². The maximum Gasteiger partial charge on any atom is 0.331 e. The van der Waals surface area contributed by atoms with Gasteiger partial charge in [0.05, 0.1) is 7.11 Å². The Morgan fingerprint density at radius 2 is 1.94 bits per heavy atom. The number of hydrogen-bond acceptors (Lipinski definition) is 4. The van der Waals surface area contributed by atoms with Crippen LogP contribution in [0.25, 0.3) is 0 Å². The summed E-state index contributed by atoms with van der Waals surface area (Å²) in [6, 6.07) is 0. The monoisotopic (exact) mass is 256 g/mol. The molecule has 1 aliphatic carbocycles. The van der Waals surface area contributed by atoms with Crippen molar-refractivity contribution < 1.29 is 14.3 Å². The van der Waals surface area contributed by atoms with E-state index in [1.807, 2.05) is 0 Å². The van der Waals surface area contributed by atoms with Gasteiger partial charge in [0.1, 0.15) is 5.54 Å². The average Bonchev–Trinajstić information content (AvgIpc) is 2.38. The Morgan fingerprint density at radius 3 is 2.44 bits per heavy atom. The highest BCUT2D eigenvalue weighted by molar-refractivity contribution is 5.88. The molecule has 0 atom stereocenters. The maximum absolute atomic E-state index is 12.0. The molecule has 1 fully saturated rings. The lowest BCUT2D eigenvalue weighted by molar-refractivity contribution is -0.153. The van der Waals surface area contributed by atoms with Gasteiger partial charge in [0.2, 0.25) is 5.91 Å². The summed E-state index contributed by atoms with van der Waals surface area (Å²) in [5, 5.41) is 5.81. The molecule has 0 unspecified atom stereocenters. The third-order valence-electron chi connectivity index (χ3n) is 3.68. The molecule has 0 heterocycles. The Balaban J connectivity index is 2.67. The van der Waals surface area contributed by atoms with E-state index in [9.17, 15) is 9.59 Å². The van der Waals surface area contributed by atoms with E-state index in [-0.39, 0.29) is 11.9 Å². The van der Waals surface area contributed by atoms with Crippen molar-refractivity contribution >= 4 is 11.9 Å². The van der Waals surface area contributed by atoms with E-state index >= 15 is 0 Å². The molecular weight excluding hydrogens is 232 g/mol. The minimum atomic E-state index is -0.800. The van der Waals surface area contributed by atoms with Crippen molar-refractivity contribution in [3.63, 3.8) is 0 Å². The number of esters is 1. The number of methoxy groups -OCH3 is 1. The van der Waals surface area contributed by atoms with Gasteiger partial charge < -0.3 is 15.4 Å². The summed E-state index contributed by atoms with van der Waals surface area (Å²) in [6.07, 6.45) is 3.62. The molecule has 0 bridgehead atoms. The van der Waals surface area contributed by atoms with Crippen molar-refractivity contribution in [3.05, 3.63) is 0 Å². The zero-order valence-electron chi connectivity index (χ0n) is 11.5. The second-order valence-corrected chi connectivity index (χ2v) is 5.16. The summed E-state index contributed by atoms with van der Waals surface area (Å²) in [6.45, 7) is 2.78. The number of amides is 1. The minimum Gasteiger partial charge on any atom is -0.467 e. The zero-order valence-corrected chi connectivity index (χ0v) is 11.5. The Labute approximate surface area is 109 Å². The first-order valence-electron chi connectivity index (χ1n) is 6.58. The van der Waals surface area contributed by atoms with Crippen molar-refractivity contribution in [1.29, 1.82) is 0 Å². The lowest BCUT2D eigenvalue weighted by Crippen LogP contribution is -2.57. The highest BCUT2D eigenvalue weighted by atomic mass is 16.5. The van der Waals surface area contributed by atoms with Crippen LogP contribution in [0.5, 0.6) is 0 Å². The molecule has 2 N–H and O–H groups in total. The molecule has 1 aliphatic rings. The standard InChI is InChI=1S/C13H24N2O3/c1-10-4-7-13(8-5-10,12(17)18-3)15-11(16)6-9-14-2/h10,14H,4-9H2,1-3H3,(H,15,16). The average molecular weight is 256 g/mol. The molecule has 0 aromatic rings. The van der Waals surface area contributed by atoms with Gasteiger partial charge in [0.15, 0.2) is 0 Å². The SMILES string of the molecule is CNCCC(=O)NC1(C(=O)OC)CCC(C)CC1. The normalized spacial score (nSPS) is 27.6. The summed E-state index contributed by atoms with van der Waals surface area (Å²) >= 11 is 0. The third kappa shape index (κ3) is 3.70. The summed E-state index contributed by atoms with van der Waals surface area (Å²) in [7, 11) is 3.17. The first kappa shape index (κ1) is 15.0. The van der Waals surface area contributed by atoms with Crippen molar-refractivity contribution in [2.45, 2.75) is 44.6 Å². The molecule has 1 saturated carbocycles. The molecule has 1 amide bonds. The van der Waals surface area contributed by atoms with Crippen LogP contribution in [0.1, 0.15) is 39.0 Å². The van der Waals surface area contributed by atoms with Gasteiger partial charge in [-0.1, -0.05) is 6.92 Å². The number of ether oxygens (including phenoxy) is 1. The van der Waals surface area contributed by atoms with E-state index in [4.69, 9.17) is 4.74 Å². The van der Waals surface area contributed by atoms with Crippen molar-refractivity contribution in [1.82, 2.24) is 10.6 Å². The molecule has 0 spiro atoms. The third-order valence-corrected chi connectivity index (χ3v) is 3.68. The van der Waals surface area contributed by atoms with Crippen molar-refractivity contribution in [3.8, 4) is 0 Å². The second-order valence-electron chi connectivity index (χ2n) is 5.16. The van der Waals surface area contributed by atoms with Gasteiger partial charge in [-0.3, -0.25) is 4.79 Å². The van der Waals surface area contributed by atoms with E-state index in [2.05, 4.69) is 17.6 Å². The van der Waals surface area contributed by atoms with Crippen LogP contribution in [-0.4, -0.2) is 38.1 Å². The van der Waals surface area contributed by atoms with Gasteiger partial charge in [-0.25, -0.2) is 4.79 Å². The van der Waals surface area contributed by atoms with Gasteiger partial charge in [-0.05, 0) is 38.6 Å². The fourth-order valence-electron chi connectivity index (χ4n) is 2.40. The number of nitrogens with one attached hydrogen (secondary N) is 2. The zero-order chi connectivity index (χ0) is 13.6. The predicted octanol–water partition coefficient (Wildman–Crippen LogP) is 0.834. The molecular formula is C13H24N2O3. The van der Waals surface area contributed by atoms with Gasteiger partial charge in [-0.2, -0.15) is 0 Å². The van der Waals surface area contributed by atoms with E-state index in [0.717, 1.165) is 12.8 Å². The van der Waals surface area contributed by atoms with Crippen molar-refractivity contribution in [2.75, 3.05) is 20.7 Å². The summed E-state index contributed by atoms with van der Waals surface area (Å²) in [5.41, 5.74) is -0.800. The number of carbonyl (C=O) groups is 2. The van der Waals surface area contributed by atoms with E-state index in [1.165, 1.54) is 7.11 Å². The molecule has 0 aromatic carbocycles. The lowest BCUT2D eigenvalue weighted by Gasteiger charge is -2.37. The highest BCUT2D eigenvalue weighted by Gasteiger charge is 2.43. The lowest BCUT2D eigenvalue weighted by atomic mass is 9.77. The quantitative estimate of drug-likeness (QED) is 0.715. The second kappa shape index (κ2) is 6.73. The Hall–Kier alpha value is -1.10. The summed E-state index contributed by atoms with van der Waals surface area (Å²) < 4.78 is 4.86. The fraction of sp³-hybridized carbons (Fsp3) is 0.846. The van der Waals surface area contributed by atoms with Crippen LogP contribution in [0.15, 0.2) is 0 Å². The molecule has 5 nitrogen and oxygen atoms in total. The molecule has 104 valence electrons. The minimum absolute atomic E-state index is 0.0932. The summed E-state index contributed by atoms with van der Waals surface area (Å²) in [4.78, 5) is 23.8. The maximum atomic E-state index is 12.0. The number of rotatable bonds is 5. The van der Waals surface area contributed by atoms with Gasteiger partial charge >= 0.3 is 5.97 Å². The molecule has 5 heteroatoms. The molecule has 0 aromatic heterocycles. The number of carbonyl (C=O) groups excluding carboxylic acids is 2. The predicted molar refractivity (Wildman–Crippen MR) is 69.1 cm³/mol. The Morgan fingerprint density at radius 1 is 1.33 bits per heavy atom. The van der Waals surface area contributed by atoms with Gasteiger partial charge in [-0.15, -0.1) is 0 Å². The van der Waals surface area contributed by atoms with E-state index in [1.54, 1.807) is 7.05 Å². The molecule has 18 heavy (non-hydrogen) atoms. The largest absolute Gasteiger partial charge is 0.467 e. The Bertz CT molecular complexity index is 297. The van der Waals surface area contributed by atoms with E-state index < -0.39 is 5.54 Å². The van der Waals surface area contributed by atoms with Crippen LogP contribution < -0.4 is 10.6 Å². The van der Waals surface area contributed by atoms with E-state index in [0.29, 0.717) is 31.7 Å². The Kier molecular flexibility index (Phi) is 5.59. The van der Waals surface area contributed by atoms with Crippen molar-refractivity contribution in [2.24, 2.45) is 5.92 Å².